The molecular formula is C27H25F2N3O2. The summed E-state index contributed by atoms with van der Waals surface area (Å²) < 4.78 is 34.3. The maximum atomic E-state index is 13.5. The van der Waals surface area contributed by atoms with Crippen molar-refractivity contribution in [2.75, 3.05) is 0 Å². The highest BCUT2D eigenvalue weighted by molar-refractivity contribution is 5.80. The molecule has 0 N–H and O–H groups in total. The van der Waals surface area contributed by atoms with E-state index in [2.05, 4.69) is 9.97 Å². The number of hydrogen-bond donors (Lipinski definition) is 0. The molecule has 2 heterocycles. The van der Waals surface area contributed by atoms with Crippen LogP contribution in [0.15, 0.2) is 59.1 Å². The summed E-state index contributed by atoms with van der Waals surface area (Å²) in [6, 6.07) is 12.1. The van der Waals surface area contributed by atoms with Crippen LogP contribution in [0.2, 0.25) is 0 Å². The summed E-state index contributed by atoms with van der Waals surface area (Å²) in [5.41, 5.74) is 3.14. The van der Waals surface area contributed by atoms with E-state index in [4.69, 9.17) is 4.42 Å². The molecule has 1 aliphatic rings. The number of rotatable bonds is 7. The van der Waals surface area contributed by atoms with Crippen LogP contribution in [-0.4, -0.2) is 20.3 Å². The lowest BCUT2D eigenvalue weighted by Gasteiger charge is -2.19. The fraction of sp³-hybridized carbons (Fsp3) is 0.296. The van der Waals surface area contributed by atoms with Crippen molar-refractivity contribution in [2.45, 2.75) is 45.4 Å². The third kappa shape index (κ3) is 4.83. The summed E-state index contributed by atoms with van der Waals surface area (Å²) in [5.74, 6) is 2.07. The van der Waals surface area contributed by atoms with E-state index in [1.807, 2.05) is 6.92 Å². The summed E-state index contributed by atoms with van der Waals surface area (Å²) in [4.78, 5) is 22.0. The Kier molecular flexibility index (Phi) is 6.09. The van der Waals surface area contributed by atoms with Gasteiger partial charge in [-0.2, -0.15) is 0 Å². The van der Waals surface area contributed by atoms with E-state index in [9.17, 15) is 13.6 Å². The van der Waals surface area contributed by atoms with Gasteiger partial charge in [0.25, 0.3) is 0 Å². The van der Waals surface area contributed by atoms with E-state index in [-0.39, 0.29) is 23.8 Å². The van der Waals surface area contributed by atoms with Crippen LogP contribution >= 0.6 is 0 Å². The minimum atomic E-state index is -0.335. The molecule has 0 aliphatic heterocycles. The third-order valence-electron chi connectivity index (χ3n) is 6.36. The third-order valence-corrected chi connectivity index (χ3v) is 6.36. The number of benzene rings is 2. The predicted octanol–water partition coefficient (Wildman–Crippen LogP) is 5.81. The summed E-state index contributed by atoms with van der Waals surface area (Å²) >= 11 is 0. The lowest BCUT2D eigenvalue weighted by atomic mass is 9.86. The number of aromatic nitrogens is 3. The molecule has 1 atom stereocenters. The smallest absolute Gasteiger partial charge is 0.191 e. The Labute approximate surface area is 196 Å². The fourth-order valence-electron chi connectivity index (χ4n) is 4.58. The number of nitrogens with zero attached hydrogens (tertiary/aromatic N) is 3. The van der Waals surface area contributed by atoms with Crippen molar-refractivity contribution in [3.8, 4) is 16.9 Å². The molecule has 0 radical (unpaired) electrons. The zero-order valence-electron chi connectivity index (χ0n) is 18.9. The highest BCUT2D eigenvalue weighted by Gasteiger charge is 2.24. The van der Waals surface area contributed by atoms with E-state index in [0.29, 0.717) is 35.4 Å². The Balaban J connectivity index is 1.32. The standard InChI is InChI=1S/C27H25F2N3O2/c1-17-30-24-13-3-18(14-26(24)34-17)2-12-23(33)15-27-31-25(19-4-6-20(28)7-5-19)16-32(27)22-10-8-21(29)9-11-22/h4-11,16,18H,2-3,12-15H2,1H3. The average Bonchev–Trinajstić information content (AvgIpc) is 3.41. The number of carbonyl (C=O) groups is 1. The van der Waals surface area contributed by atoms with E-state index < -0.39 is 0 Å². The van der Waals surface area contributed by atoms with E-state index in [1.165, 1.54) is 24.3 Å². The second kappa shape index (κ2) is 9.33. The molecule has 0 spiro atoms. The lowest BCUT2D eigenvalue weighted by molar-refractivity contribution is -0.118. The molecule has 0 saturated heterocycles. The minimum Gasteiger partial charge on any atom is -0.446 e. The molecule has 34 heavy (non-hydrogen) atoms. The number of fused-ring (bicyclic) bond motifs is 1. The molecule has 1 aliphatic carbocycles. The predicted molar refractivity (Wildman–Crippen MR) is 124 cm³/mol. The van der Waals surface area contributed by atoms with Crippen LogP contribution in [0.4, 0.5) is 8.78 Å². The molecule has 0 fully saturated rings. The molecule has 4 aromatic rings. The second-order valence-electron chi connectivity index (χ2n) is 8.86. The maximum Gasteiger partial charge on any atom is 0.191 e. The molecule has 0 bridgehead atoms. The van der Waals surface area contributed by atoms with Crippen molar-refractivity contribution in [1.29, 1.82) is 0 Å². The molecular weight excluding hydrogens is 436 g/mol. The molecule has 2 aromatic heterocycles. The van der Waals surface area contributed by atoms with Gasteiger partial charge in [-0.3, -0.25) is 4.79 Å². The first-order valence-corrected chi connectivity index (χ1v) is 11.5. The number of carbonyl (C=O) groups excluding carboxylic acids is 1. The summed E-state index contributed by atoms with van der Waals surface area (Å²) in [7, 11) is 0. The number of aryl methyl sites for hydroxylation is 2. The van der Waals surface area contributed by atoms with Gasteiger partial charge in [-0.15, -0.1) is 0 Å². The molecule has 0 amide bonds. The van der Waals surface area contributed by atoms with Crippen molar-refractivity contribution in [3.05, 3.63) is 89.5 Å². The van der Waals surface area contributed by atoms with Gasteiger partial charge >= 0.3 is 0 Å². The number of Topliss-reactive ketones (excluding diaryl/α,β-unsaturated/α-hetero) is 1. The average molecular weight is 462 g/mol. The first-order valence-electron chi connectivity index (χ1n) is 11.5. The second-order valence-corrected chi connectivity index (χ2v) is 8.86. The fourth-order valence-corrected chi connectivity index (χ4v) is 4.58. The first-order chi connectivity index (χ1) is 16.4. The molecule has 1 unspecified atom stereocenters. The quantitative estimate of drug-likeness (QED) is 0.348. The van der Waals surface area contributed by atoms with Gasteiger partial charge in [0, 0.05) is 37.2 Å². The van der Waals surface area contributed by atoms with Gasteiger partial charge in [0.1, 0.15) is 29.0 Å². The Morgan fingerprint density at radius 2 is 1.76 bits per heavy atom. The number of hydrogen-bond acceptors (Lipinski definition) is 4. The van der Waals surface area contributed by atoms with Gasteiger partial charge in [0.05, 0.1) is 17.8 Å². The number of ketones is 1. The summed E-state index contributed by atoms with van der Waals surface area (Å²) in [6.45, 7) is 1.86. The van der Waals surface area contributed by atoms with Crippen LogP contribution in [0, 0.1) is 24.5 Å². The van der Waals surface area contributed by atoms with Gasteiger partial charge < -0.3 is 8.98 Å². The van der Waals surface area contributed by atoms with Crippen LogP contribution in [-0.2, 0) is 24.1 Å². The number of imidazole rings is 1. The van der Waals surface area contributed by atoms with Crippen LogP contribution < -0.4 is 0 Å². The molecule has 0 saturated carbocycles. The molecule has 2 aromatic carbocycles. The SMILES string of the molecule is Cc1nc2c(o1)CC(CCC(=O)Cc1nc(-c3ccc(F)cc3)cn1-c1ccc(F)cc1)CC2. The van der Waals surface area contributed by atoms with E-state index in [0.717, 1.165) is 42.7 Å². The first kappa shape index (κ1) is 22.2. The van der Waals surface area contributed by atoms with Gasteiger partial charge in [0.15, 0.2) is 5.89 Å². The zero-order chi connectivity index (χ0) is 23.7. The van der Waals surface area contributed by atoms with E-state index in [1.54, 1.807) is 35.0 Å². The van der Waals surface area contributed by atoms with Gasteiger partial charge in [-0.1, -0.05) is 0 Å². The molecule has 7 heteroatoms. The summed E-state index contributed by atoms with van der Waals surface area (Å²) in [6.07, 6.45) is 5.93. The highest BCUT2D eigenvalue weighted by atomic mass is 19.1. The number of oxazole rings is 1. The Hall–Kier alpha value is -3.61. The van der Waals surface area contributed by atoms with Crippen LogP contribution in [0.25, 0.3) is 16.9 Å². The van der Waals surface area contributed by atoms with Crippen molar-refractivity contribution >= 4 is 5.78 Å². The minimum absolute atomic E-state index is 0.0964. The van der Waals surface area contributed by atoms with Gasteiger partial charge in [-0.25, -0.2) is 18.7 Å². The topological polar surface area (TPSA) is 60.9 Å². The largest absolute Gasteiger partial charge is 0.446 e. The maximum absolute atomic E-state index is 13.5. The lowest BCUT2D eigenvalue weighted by Crippen LogP contribution is -2.16. The monoisotopic (exact) mass is 461 g/mol. The van der Waals surface area contributed by atoms with Crippen molar-refractivity contribution in [1.82, 2.24) is 14.5 Å². The van der Waals surface area contributed by atoms with E-state index >= 15 is 0 Å². The van der Waals surface area contributed by atoms with Crippen LogP contribution in [0.1, 0.15) is 42.4 Å². The van der Waals surface area contributed by atoms with Crippen molar-refractivity contribution < 1.29 is 18.0 Å². The van der Waals surface area contributed by atoms with Crippen molar-refractivity contribution in [2.24, 2.45) is 5.92 Å². The van der Waals surface area contributed by atoms with Gasteiger partial charge in [0.2, 0.25) is 0 Å². The summed E-state index contributed by atoms with van der Waals surface area (Å²) in [5, 5.41) is 0. The van der Waals surface area contributed by atoms with Crippen molar-refractivity contribution in [3.63, 3.8) is 0 Å². The highest BCUT2D eigenvalue weighted by Crippen LogP contribution is 2.29. The Morgan fingerprint density at radius 1 is 1.06 bits per heavy atom. The Bertz CT molecular complexity index is 1310. The van der Waals surface area contributed by atoms with Crippen LogP contribution in [0.5, 0.6) is 0 Å². The van der Waals surface area contributed by atoms with Gasteiger partial charge in [-0.05, 0) is 73.7 Å². The molecule has 174 valence electrons. The normalized spacial score (nSPS) is 15.3. The zero-order valence-corrected chi connectivity index (χ0v) is 18.9. The van der Waals surface area contributed by atoms with Crippen LogP contribution in [0.3, 0.4) is 0 Å². The number of halogens is 2. The molecule has 5 nitrogen and oxygen atoms in total. The Morgan fingerprint density at radius 3 is 2.50 bits per heavy atom. The molecule has 5 rings (SSSR count).